The number of phenols is 2. The molecule has 0 saturated carbocycles. The number of anilines is 1. The lowest BCUT2D eigenvalue weighted by atomic mass is 10.0. The Kier molecular flexibility index (Phi) is 5.49. The van der Waals surface area contributed by atoms with Crippen molar-refractivity contribution in [2.75, 3.05) is 11.9 Å². The van der Waals surface area contributed by atoms with Crippen molar-refractivity contribution in [3.63, 3.8) is 0 Å². The lowest BCUT2D eigenvalue weighted by Gasteiger charge is -2.11. The van der Waals surface area contributed by atoms with E-state index in [0.717, 1.165) is 11.6 Å². The van der Waals surface area contributed by atoms with Crippen LogP contribution in [0, 0.1) is 0 Å². The van der Waals surface area contributed by atoms with E-state index in [0.29, 0.717) is 22.4 Å². The molecule has 28 heavy (non-hydrogen) atoms. The van der Waals surface area contributed by atoms with E-state index in [1.54, 1.807) is 36.4 Å². The Morgan fingerprint density at radius 3 is 2.29 bits per heavy atom. The van der Waals surface area contributed by atoms with Gasteiger partial charge in [0.15, 0.2) is 6.61 Å². The molecule has 1 amide bonds. The molecule has 6 nitrogen and oxygen atoms in total. The van der Waals surface area contributed by atoms with Crippen molar-refractivity contribution in [1.82, 2.24) is 0 Å². The SMILES string of the molecule is CC(C)c1ccc(NC(=O)COC(=O)c2cc(O)c3ccccc3c2O)cc1. The van der Waals surface area contributed by atoms with E-state index in [1.165, 1.54) is 0 Å². The number of fused-ring (bicyclic) bond motifs is 1. The number of nitrogens with one attached hydrogen (secondary N) is 1. The fourth-order valence-electron chi connectivity index (χ4n) is 2.85. The van der Waals surface area contributed by atoms with Crippen LogP contribution in [0.1, 0.15) is 35.7 Å². The summed E-state index contributed by atoms with van der Waals surface area (Å²) >= 11 is 0. The van der Waals surface area contributed by atoms with Crippen LogP contribution in [0.25, 0.3) is 10.8 Å². The monoisotopic (exact) mass is 379 g/mol. The molecule has 0 heterocycles. The van der Waals surface area contributed by atoms with Crippen LogP contribution >= 0.6 is 0 Å². The number of hydrogen-bond acceptors (Lipinski definition) is 5. The third-order valence-electron chi connectivity index (χ3n) is 4.41. The van der Waals surface area contributed by atoms with E-state index >= 15 is 0 Å². The van der Waals surface area contributed by atoms with Gasteiger partial charge >= 0.3 is 5.97 Å². The number of hydrogen-bond donors (Lipinski definition) is 3. The molecule has 0 aliphatic carbocycles. The van der Waals surface area contributed by atoms with Gasteiger partial charge in [-0.25, -0.2) is 4.79 Å². The summed E-state index contributed by atoms with van der Waals surface area (Å²) in [6.45, 7) is 3.64. The highest BCUT2D eigenvalue weighted by molar-refractivity contribution is 6.04. The molecule has 0 saturated heterocycles. The summed E-state index contributed by atoms with van der Waals surface area (Å²) in [6, 6.07) is 15.1. The quantitative estimate of drug-likeness (QED) is 0.457. The van der Waals surface area contributed by atoms with Gasteiger partial charge < -0.3 is 20.3 Å². The van der Waals surface area contributed by atoms with Gasteiger partial charge in [0.1, 0.15) is 17.1 Å². The van der Waals surface area contributed by atoms with E-state index in [-0.39, 0.29) is 17.1 Å². The predicted molar refractivity (Wildman–Crippen MR) is 107 cm³/mol. The molecular formula is C22H21NO5. The minimum absolute atomic E-state index is 0.157. The molecule has 0 aromatic heterocycles. The largest absolute Gasteiger partial charge is 0.507 e. The second-order valence-corrected chi connectivity index (χ2v) is 6.74. The van der Waals surface area contributed by atoms with Crippen LogP contribution in [0.2, 0.25) is 0 Å². The van der Waals surface area contributed by atoms with Gasteiger partial charge in [-0.15, -0.1) is 0 Å². The molecule has 0 aliphatic rings. The van der Waals surface area contributed by atoms with Gasteiger partial charge in [-0.05, 0) is 29.7 Å². The number of phenolic OH excluding ortho intramolecular Hbond substituents is 2. The molecule has 3 rings (SSSR count). The number of esters is 1. The van der Waals surface area contributed by atoms with E-state index in [2.05, 4.69) is 19.2 Å². The Morgan fingerprint density at radius 1 is 1.00 bits per heavy atom. The smallest absolute Gasteiger partial charge is 0.342 e. The molecule has 3 aromatic rings. The van der Waals surface area contributed by atoms with Crippen LogP contribution in [0.15, 0.2) is 54.6 Å². The summed E-state index contributed by atoms with van der Waals surface area (Å²) in [5, 5.41) is 23.7. The first-order chi connectivity index (χ1) is 13.4. The lowest BCUT2D eigenvalue weighted by Crippen LogP contribution is -2.21. The molecule has 0 unspecified atom stereocenters. The van der Waals surface area contributed by atoms with Crippen molar-refractivity contribution in [2.45, 2.75) is 19.8 Å². The third-order valence-corrected chi connectivity index (χ3v) is 4.41. The number of benzene rings is 3. The van der Waals surface area contributed by atoms with Gasteiger partial charge in [0, 0.05) is 16.5 Å². The van der Waals surface area contributed by atoms with Gasteiger partial charge in [0.2, 0.25) is 0 Å². The molecule has 144 valence electrons. The zero-order valence-corrected chi connectivity index (χ0v) is 15.6. The van der Waals surface area contributed by atoms with Crippen LogP contribution in [-0.4, -0.2) is 28.7 Å². The normalized spacial score (nSPS) is 10.8. The molecular weight excluding hydrogens is 358 g/mol. The van der Waals surface area contributed by atoms with E-state index in [1.807, 2.05) is 12.1 Å². The molecule has 0 spiro atoms. The molecule has 0 radical (unpaired) electrons. The van der Waals surface area contributed by atoms with Crippen molar-refractivity contribution < 1.29 is 24.5 Å². The van der Waals surface area contributed by atoms with Gasteiger partial charge in [-0.2, -0.15) is 0 Å². The summed E-state index contributed by atoms with van der Waals surface area (Å²) in [6.07, 6.45) is 0. The molecule has 0 bridgehead atoms. The van der Waals surface area contributed by atoms with Crippen LogP contribution in [0.3, 0.4) is 0 Å². The average Bonchev–Trinajstić information content (AvgIpc) is 2.69. The van der Waals surface area contributed by atoms with Crippen LogP contribution < -0.4 is 5.32 Å². The Morgan fingerprint density at radius 2 is 1.64 bits per heavy atom. The van der Waals surface area contributed by atoms with E-state index in [9.17, 15) is 19.8 Å². The molecule has 0 fully saturated rings. The molecule has 3 aromatic carbocycles. The van der Waals surface area contributed by atoms with Crippen LogP contribution in [0.5, 0.6) is 11.5 Å². The fraction of sp³-hybridized carbons (Fsp3) is 0.182. The number of carbonyl (C=O) groups excluding carboxylic acids is 2. The van der Waals surface area contributed by atoms with Crippen molar-refractivity contribution in [1.29, 1.82) is 0 Å². The first-order valence-electron chi connectivity index (χ1n) is 8.87. The first kappa shape index (κ1) is 19.2. The van der Waals surface area contributed by atoms with Crippen molar-refractivity contribution in [3.8, 4) is 11.5 Å². The maximum atomic E-state index is 12.3. The van der Waals surface area contributed by atoms with Gasteiger partial charge in [-0.3, -0.25) is 4.79 Å². The minimum atomic E-state index is -0.899. The maximum absolute atomic E-state index is 12.3. The van der Waals surface area contributed by atoms with E-state index in [4.69, 9.17) is 4.74 Å². The highest BCUT2D eigenvalue weighted by atomic mass is 16.5. The zero-order valence-electron chi connectivity index (χ0n) is 15.6. The summed E-state index contributed by atoms with van der Waals surface area (Å²) in [5.41, 5.74) is 1.54. The van der Waals surface area contributed by atoms with E-state index < -0.39 is 18.5 Å². The second-order valence-electron chi connectivity index (χ2n) is 6.74. The third kappa shape index (κ3) is 4.06. The molecule has 0 aliphatic heterocycles. The van der Waals surface area contributed by atoms with Crippen LogP contribution in [-0.2, 0) is 9.53 Å². The summed E-state index contributed by atoms with van der Waals surface area (Å²) < 4.78 is 4.99. The Hall–Kier alpha value is -3.54. The predicted octanol–water partition coefficient (Wildman–Crippen LogP) is 4.17. The van der Waals surface area contributed by atoms with Crippen molar-refractivity contribution >= 4 is 28.3 Å². The van der Waals surface area contributed by atoms with Gasteiger partial charge in [0.25, 0.3) is 5.91 Å². The standard InChI is InChI=1S/C22H21NO5/c1-13(2)14-7-9-15(10-8-14)23-20(25)12-28-22(27)18-11-19(24)16-5-3-4-6-17(16)21(18)26/h3-11,13,24,26H,12H2,1-2H3,(H,23,25). The highest BCUT2D eigenvalue weighted by Crippen LogP contribution is 2.35. The topological polar surface area (TPSA) is 95.9 Å². The molecule has 6 heteroatoms. The van der Waals surface area contributed by atoms with Crippen LogP contribution in [0.4, 0.5) is 5.69 Å². The minimum Gasteiger partial charge on any atom is -0.507 e. The number of ether oxygens (including phenoxy) is 1. The lowest BCUT2D eigenvalue weighted by molar-refractivity contribution is -0.119. The second kappa shape index (κ2) is 8.00. The van der Waals surface area contributed by atoms with Gasteiger partial charge in [0.05, 0.1) is 0 Å². The summed E-state index contributed by atoms with van der Waals surface area (Å²) in [4.78, 5) is 24.3. The fourth-order valence-corrected chi connectivity index (χ4v) is 2.85. The summed E-state index contributed by atoms with van der Waals surface area (Å²) in [7, 11) is 0. The van der Waals surface area contributed by atoms with Crippen molar-refractivity contribution in [2.24, 2.45) is 0 Å². The maximum Gasteiger partial charge on any atom is 0.342 e. The average molecular weight is 379 g/mol. The Balaban J connectivity index is 1.66. The number of rotatable bonds is 5. The van der Waals surface area contributed by atoms with Crippen molar-refractivity contribution in [3.05, 3.63) is 65.7 Å². The number of carbonyl (C=O) groups is 2. The Bertz CT molecular complexity index is 1030. The first-order valence-corrected chi connectivity index (χ1v) is 8.87. The zero-order chi connectivity index (χ0) is 20.3. The summed E-state index contributed by atoms with van der Waals surface area (Å²) in [5.74, 6) is -1.48. The highest BCUT2D eigenvalue weighted by Gasteiger charge is 2.19. The number of amides is 1. The number of aromatic hydroxyl groups is 2. The Labute approximate surface area is 162 Å². The molecule has 3 N–H and O–H groups in total. The van der Waals surface area contributed by atoms with Gasteiger partial charge in [-0.1, -0.05) is 50.2 Å². The molecule has 0 atom stereocenters.